The first-order chi connectivity index (χ1) is 9.13. The Morgan fingerprint density at radius 1 is 1.20 bits per heavy atom. The Hall–Kier alpha value is -1.07. The van der Waals surface area contributed by atoms with Crippen molar-refractivity contribution in [3.8, 4) is 11.5 Å². The van der Waals surface area contributed by atoms with Crippen LogP contribution in [0.3, 0.4) is 0 Å². The molecule has 2 N–H and O–H groups in total. The van der Waals surface area contributed by atoms with Crippen LogP contribution < -0.4 is 15.2 Å². The van der Waals surface area contributed by atoms with E-state index in [1.807, 2.05) is 0 Å². The minimum absolute atomic E-state index is 0. The number of ether oxygens (including phenoxy) is 2. The van der Waals surface area contributed by atoms with E-state index in [4.69, 9.17) is 15.2 Å². The van der Waals surface area contributed by atoms with Crippen LogP contribution in [0, 0.1) is 5.82 Å². The van der Waals surface area contributed by atoms with Crippen molar-refractivity contribution < 1.29 is 18.3 Å². The summed E-state index contributed by atoms with van der Waals surface area (Å²) in [7, 11) is 1.50. The van der Waals surface area contributed by atoms with E-state index in [0.717, 1.165) is 0 Å². The topological polar surface area (TPSA) is 44.5 Å². The van der Waals surface area contributed by atoms with Crippen molar-refractivity contribution in [2.24, 2.45) is 5.73 Å². The largest absolute Gasteiger partial charge is 0.496 e. The zero-order valence-corrected chi connectivity index (χ0v) is 12.2. The summed E-state index contributed by atoms with van der Waals surface area (Å²) < 4.78 is 37.7. The highest BCUT2D eigenvalue weighted by Crippen LogP contribution is 2.31. The van der Waals surface area contributed by atoms with E-state index in [2.05, 4.69) is 0 Å². The summed E-state index contributed by atoms with van der Waals surface area (Å²) >= 11 is 0. The Kier molecular flexibility index (Phi) is 6.49. The molecule has 1 aliphatic carbocycles. The van der Waals surface area contributed by atoms with Gasteiger partial charge < -0.3 is 15.2 Å². The van der Waals surface area contributed by atoms with Crippen LogP contribution >= 0.6 is 12.4 Å². The predicted octanol–water partition coefficient (Wildman–Crippen LogP) is 3.37. The normalized spacial score (nSPS) is 22.0. The van der Waals surface area contributed by atoms with Crippen LogP contribution in [0.15, 0.2) is 12.1 Å². The van der Waals surface area contributed by atoms with Gasteiger partial charge in [0.15, 0.2) is 11.6 Å². The number of halogens is 3. The monoisotopic (exact) mass is 307 g/mol. The van der Waals surface area contributed by atoms with Gasteiger partial charge in [-0.2, -0.15) is 0 Å². The molecule has 0 saturated heterocycles. The molecule has 114 valence electrons. The molecule has 0 unspecified atom stereocenters. The molecular formula is C14H20ClF2NO2. The van der Waals surface area contributed by atoms with Crippen LogP contribution in [0.25, 0.3) is 0 Å². The van der Waals surface area contributed by atoms with Gasteiger partial charge in [-0.15, -0.1) is 12.4 Å². The Labute approximate surface area is 123 Å². The van der Waals surface area contributed by atoms with Gasteiger partial charge in [-0.1, -0.05) is 0 Å². The lowest BCUT2D eigenvalue weighted by molar-refractivity contribution is 0.109. The summed E-state index contributed by atoms with van der Waals surface area (Å²) in [6, 6.07) is 2.84. The third-order valence-corrected chi connectivity index (χ3v) is 3.45. The molecule has 0 heterocycles. The molecule has 0 bridgehead atoms. The molecule has 0 radical (unpaired) electrons. The molecule has 0 aromatic heterocycles. The first-order valence-corrected chi connectivity index (χ1v) is 6.51. The molecule has 1 aliphatic rings. The number of benzene rings is 1. The Morgan fingerprint density at radius 3 is 2.40 bits per heavy atom. The second-order valence-electron chi connectivity index (χ2n) is 4.79. The predicted molar refractivity (Wildman–Crippen MR) is 75.9 cm³/mol. The molecule has 1 aromatic carbocycles. The van der Waals surface area contributed by atoms with E-state index in [0.29, 0.717) is 37.0 Å². The van der Waals surface area contributed by atoms with Crippen molar-refractivity contribution in [2.45, 2.75) is 44.5 Å². The number of rotatable bonds is 4. The van der Waals surface area contributed by atoms with Gasteiger partial charge in [0.1, 0.15) is 11.9 Å². The average Bonchev–Trinajstić information content (AvgIpc) is 2.43. The van der Waals surface area contributed by atoms with Crippen molar-refractivity contribution in [3.05, 3.63) is 23.5 Å². The van der Waals surface area contributed by atoms with E-state index < -0.39 is 12.0 Å². The maximum atomic E-state index is 13.9. The molecule has 3 nitrogen and oxygen atoms in total. The molecule has 20 heavy (non-hydrogen) atoms. The van der Waals surface area contributed by atoms with Crippen molar-refractivity contribution in [1.29, 1.82) is 0 Å². The molecule has 6 heteroatoms. The lowest BCUT2D eigenvalue weighted by Crippen LogP contribution is -2.25. The Balaban J connectivity index is 0.00000200. The van der Waals surface area contributed by atoms with Crippen LogP contribution in [0.2, 0.25) is 0 Å². The molecule has 1 fully saturated rings. The number of hydrogen-bond acceptors (Lipinski definition) is 3. The van der Waals surface area contributed by atoms with Crippen LogP contribution in [0.1, 0.15) is 31.2 Å². The summed E-state index contributed by atoms with van der Waals surface area (Å²) in [6.07, 6.45) is 1.30. The molecule has 0 atom stereocenters. The first kappa shape index (κ1) is 17.0. The van der Waals surface area contributed by atoms with Gasteiger partial charge in [-0.05, 0) is 31.7 Å². The van der Waals surface area contributed by atoms with Gasteiger partial charge >= 0.3 is 0 Å². The quantitative estimate of drug-likeness (QED) is 0.927. The van der Waals surface area contributed by atoms with Gasteiger partial charge in [-0.3, -0.25) is 0 Å². The number of alkyl halides is 1. The summed E-state index contributed by atoms with van der Waals surface area (Å²) in [6.45, 7) is 0.202. The third-order valence-electron chi connectivity index (χ3n) is 3.45. The number of methoxy groups -OCH3 is 1. The highest BCUT2D eigenvalue weighted by atomic mass is 35.5. The second-order valence-corrected chi connectivity index (χ2v) is 4.79. The minimum Gasteiger partial charge on any atom is -0.496 e. The van der Waals surface area contributed by atoms with E-state index in [9.17, 15) is 8.78 Å². The average molecular weight is 308 g/mol. The zero-order chi connectivity index (χ0) is 13.8. The van der Waals surface area contributed by atoms with Crippen molar-refractivity contribution in [3.63, 3.8) is 0 Å². The standard InChI is InChI=1S/C14H19F2NO2.ClH/c1-18-13-7-14(12(16)6-9(13)8-17)19-11-4-2-10(15)3-5-11;/h6-7,10-11H,2-5,8,17H2,1H3;1H. The summed E-state index contributed by atoms with van der Waals surface area (Å²) in [5.74, 6) is 0.207. The Morgan fingerprint density at radius 2 is 1.85 bits per heavy atom. The van der Waals surface area contributed by atoms with Crippen molar-refractivity contribution >= 4 is 12.4 Å². The van der Waals surface area contributed by atoms with Crippen molar-refractivity contribution in [2.75, 3.05) is 7.11 Å². The van der Waals surface area contributed by atoms with Crippen LogP contribution in [-0.4, -0.2) is 19.4 Å². The zero-order valence-electron chi connectivity index (χ0n) is 11.4. The maximum Gasteiger partial charge on any atom is 0.165 e. The van der Waals surface area contributed by atoms with E-state index in [1.165, 1.54) is 19.2 Å². The first-order valence-electron chi connectivity index (χ1n) is 6.51. The second kappa shape index (κ2) is 7.64. The van der Waals surface area contributed by atoms with Crippen molar-refractivity contribution in [1.82, 2.24) is 0 Å². The van der Waals surface area contributed by atoms with Gasteiger partial charge in [0.2, 0.25) is 0 Å². The van der Waals surface area contributed by atoms with E-state index in [-0.39, 0.29) is 30.8 Å². The minimum atomic E-state index is -0.751. The van der Waals surface area contributed by atoms with Crippen LogP contribution in [-0.2, 0) is 6.54 Å². The maximum absolute atomic E-state index is 13.9. The highest BCUT2D eigenvalue weighted by molar-refractivity contribution is 5.85. The smallest absolute Gasteiger partial charge is 0.165 e. The lowest BCUT2D eigenvalue weighted by Gasteiger charge is -2.25. The van der Waals surface area contributed by atoms with Crippen LogP contribution in [0.4, 0.5) is 8.78 Å². The summed E-state index contributed by atoms with van der Waals surface area (Å²) in [5, 5.41) is 0. The third kappa shape index (κ3) is 3.96. The molecular weight excluding hydrogens is 288 g/mol. The fourth-order valence-electron chi connectivity index (χ4n) is 2.34. The SMILES string of the molecule is COc1cc(OC2CCC(F)CC2)c(F)cc1CN.Cl. The fourth-order valence-corrected chi connectivity index (χ4v) is 2.34. The summed E-state index contributed by atoms with van der Waals surface area (Å²) in [4.78, 5) is 0. The molecule has 2 rings (SSSR count). The van der Waals surface area contributed by atoms with Gasteiger partial charge in [0.25, 0.3) is 0 Å². The molecule has 1 aromatic rings. The van der Waals surface area contributed by atoms with E-state index >= 15 is 0 Å². The lowest BCUT2D eigenvalue weighted by atomic mass is 9.96. The fraction of sp³-hybridized carbons (Fsp3) is 0.571. The number of hydrogen-bond donors (Lipinski definition) is 1. The molecule has 0 aliphatic heterocycles. The molecule has 1 saturated carbocycles. The Bertz CT molecular complexity index is 437. The van der Waals surface area contributed by atoms with Crippen LogP contribution in [0.5, 0.6) is 11.5 Å². The molecule has 0 spiro atoms. The van der Waals surface area contributed by atoms with E-state index in [1.54, 1.807) is 0 Å². The highest BCUT2D eigenvalue weighted by Gasteiger charge is 2.23. The number of nitrogens with two attached hydrogens (primary N) is 1. The van der Waals surface area contributed by atoms with Gasteiger partial charge in [0.05, 0.1) is 13.2 Å². The van der Waals surface area contributed by atoms with Gasteiger partial charge in [0, 0.05) is 18.2 Å². The molecule has 0 amide bonds. The summed E-state index contributed by atoms with van der Waals surface area (Å²) in [5.41, 5.74) is 6.11. The van der Waals surface area contributed by atoms with Gasteiger partial charge in [-0.25, -0.2) is 8.78 Å².